The molecule has 0 fully saturated rings. The van der Waals surface area contributed by atoms with Crippen LogP contribution in [0.2, 0.25) is 0 Å². The predicted octanol–water partition coefficient (Wildman–Crippen LogP) is 2.60. The average Bonchev–Trinajstić information content (AvgIpc) is 2.40. The number of methoxy groups -OCH3 is 1. The van der Waals surface area contributed by atoms with Gasteiger partial charge in [-0.25, -0.2) is 4.98 Å². The van der Waals surface area contributed by atoms with E-state index in [1.165, 1.54) is 0 Å². The number of para-hydroxylation sites is 2. The van der Waals surface area contributed by atoms with Gasteiger partial charge in [0.05, 0.1) is 17.3 Å². The molecule has 0 spiro atoms. The van der Waals surface area contributed by atoms with E-state index in [1.807, 2.05) is 36.2 Å². The fourth-order valence-corrected chi connectivity index (χ4v) is 2.08. The molecule has 0 aliphatic heterocycles. The Hall–Kier alpha value is -1.82. The molecule has 0 radical (unpaired) electrons. The summed E-state index contributed by atoms with van der Waals surface area (Å²) in [7, 11) is 3.53. The molecule has 2 N–H and O–H groups in total. The summed E-state index contributed by atoms with van der Waals surface area (Å²) in [5.41, 5.74) is 6.51. The molecule has 2 rings (SSSR count). The zero-order valence-corrected chi connectivity index (χ0v) is 11.7. The summed E-state index contributed by atoms with van der Waals surface area (Å²) in [4.78, 5) is 10.0. The first kappa shape index (κ1) is 12.6. The van der Waals surface area contributed by atoms with Gasteiger partial charge in [-0.15, -0.1) is 0 Å². The van der Waals surface area contributed by atoms with Gasteiger partial charge >= 0.3 is 0 Å². The number of benzene rings is 1. The van der Waals surface area contributed by atoms with Crippen LogP contribution >= 0.6 is 15.9 Å². The minimum Gasteiger partial charge on any atom is -0.495 e. The maximum absolute atomic E-state index is 5.61. The van der Waals surface area contributed by atoms with E-state index in [-0.39, 0.29) is 5.95 Å². The van der Waals surface area contributed by atoms with Gasteiger partial charge in [0.25, 0.3) is 0 Å². The van der Waals surface area contributed by atoms with Gasteiger partial charge in [0.15, 0.2) is 5.82 Å². The molecule has 0 amide bonds. The lowest BCUT2D eigenvalue weighted by Crippen LogP contribution is -2.14. The van der Waals surface area contributed by atoms with Crippen LogP contribution in [0.15, 0.2) is 34.9 Å². The third-order valence-corrected chi connectivity index (χ3v) is 3.07. The fourth-order valence-electron chi connectivity index (χ4n) is 1.63. The first-order chi connectivity index (χ1) is 8.63. The molecule has 0 bridgehead atoms. The largest absolute Gasteiger partial charge is 0.495 e. The van der Waals surface area contributed by atoms with Crippen LogP contribution in [0.4, 0.5) is 17.5 Å². The average molecular weight is 309 g/mol. The molecular weight excluding hydrogens is 296 g/mol. The second kappa shape index (κ2) is 5.22. The van der Waals surface area contributed by atoms with Crippen molar-refractivity contribution in [3.8, 4) is 5.75 Å². The summed E-state index contributed by atoms with van der Waals surface area (Å²) in [5.74, 6) is 1.69. The van der Waals surface area contributed by atoms with Crippen LogP contribution < -0.4 is 15.4 Å². The molecule has 2 aromatic rings. The van der Waals surface area contributed by atoms with Crippen LogP contribution in [-0.4, -0.2) is 24.1 Å². The van der Waals surface area contributed by atoms with Crippen molar-refractivity contribution in [2.45, 2.75) is 0 Å². The van der Waals surface area contributed by atoms with Crippen LogP contribution in [-0.2, 0) is 0 Å². The van der Waals surface area contributed by atoms with Gasteiger partial charge in [0, 0.05) is 13.2 Å². The highest BCUT2D eigenvalue weighted by Crippen LogP contribution is 2.34. The van der Waals surface area contributed by atoms with Crippen LogP contribution in [0.25, 0.3) is 0 Å². The van der Waals surface area contributed by atoms with Crippen LogP contribution in [0.1, 0.15) is 0 Å². The lowest BCUT2D eigenvalue weighted by atomic mass is 10.2. The molecule has 5 nitrogen and oxygen atoms in total. The topological polar surface area (TPSA) is 64.3 Å². The number of nitrogen functional groups attached to an aromatic ring is 1. The molecule has 1 heterocycles. The summed E-state index contributed by atoms with van der Waals surface area (Å²) < 4.78 is 6.10. The maximum atomic E-state index is 5.61. The van der Waals surface area contributed by atoms with E-state index in [0.29, 0.717) is 5.82 Å². The molecule has 1 aromatic carbocycles. The first-order valence-electron chi connectivity index (χ1n) is 5.28. The summed E-state index contributed by atoms with van der Waals surface area (Å²) in [6.07, 6.45) is 1.63. The van der Waals surface area contributed by atoms with Crippen molar-refractivity contribution in [1.82, 2.24) is 9.97 Å². The third-order valence-electron chi connectivity index (χ3n) is 2.51. The van der Waals surface area contributed by atoms with Crippen molar-refractivity contribution in [2.24, 2.45) is 0 Å². The quantitative estimate of drug-likeness (QED) is 0.944. The molecule has 0 saturated carbocycles. The number of nitrogens with two attached hydrogens (primary N) is 1. The van der Waals surface area contributed by atoms with Gasteiger partial charge in [-0.05, 0) is 28.1 Å². The Balaban J connectivity index is 2.47. The van der Waals surface area contributed by atoms with E-state index < -0.39 is 0 Å². The number of nitrogens with zero attached hydrogens (tertiary/aromatic N) is 3. The molecule has 0 unspecified atom stereocenters. The van der Waals surface area contributed by atoms with Crippen molar-refractivity contribution < 1.29 is 4.74 Å². The number of rotatable bonds is 3. The number of hydrogen-bond donors (Lipinski definition) is 1. The SMILES string of the molecule is COc1ccccc1N(C)c1nc(N)ncc1Br. The van der Waals surface area contributed by atoms with Gasteiger partial charge in [0.1, 0.15) is 5.75 Å². The van der Waals surface area contributed by atoms with Crippen molar-refractivity contribution in [2.75, 3.05) is 24.8 Å². The van der Waals surface area contributed by atoms with Crippen LogP contribution in [0, 0.1) is 0 Å². The highest BCUT2D eigenvalue weighted by molar-refractivity contribution is 9.10. The van der Waals surface area contributed by atoms with Gasteiger partial charge in [-0.2, -0.15) is 4.98 Å². The van der Waals surface area contributed by atoms with Gasteiger partial charge < -0.3 is 15.4 Å². The highest BCUT2D eigenvalue weighted by atomic mass is 79.9. The minimum absolute atomic E-state index is 0.231. The highest BCUT2D eigenvalue weighted by Gasteiger charge is 2.14. The molecule has 18 heavy (non-hydrogen) atoms. The second-order valence-electron chi connectivity index (χ2n) is 3.63. The number of anilines is 3. The summed E-state index contributed by atoms with van der Waals surface area (Å²) in [6, 6.07) is 7.69. The fraction of sp³-hybridized carbons (Fsp3) is 0.167. The Morgan fingerprint density at radius 2 is 2.06 bits per heavy atom. The monoisotopic (exact) mass is 308 g/mol. The van der Waals surface area contributed by atoms with Crippen molar-refractivity contribution in [3.05, 3.63) is 34.9 Å². The Morgan fingerprint density at radius 1 is 1.33 bits per heavy atom. The number of halogens is 1. The summed E-state index contributed by atoms with van der Waals surface area (Å²) in [5, 5.41) is 0. The molecule has 0 saturated heterocycles. The van der Waals surface area contributed by atoms with Crippen LogP contribution in [0.5, 0.6) is 5.75 Å². The Morgan fingerprint density at radius 3 is 2.78 bits per heavy atom. The second-order valence-corrected chi connectivity index (χ2v) is 4.48. The molecule has 1 aromatic heterocycles. The normalized spacial score (nSPS) is 10.2. The molecule has 0 aliphatic carbocycles. The van der Waals surface area contributed by atoms with Crippen LogP contribution in [0.3, 0.4) is 0 Å². The van der Waals surface area contributed by atoms with E-state index >= 15 is 0 Å². The standard InChI is InChI=1S/C12H13BrN4O/c1-17(9-5-3-4-6-10(9)18-2)11-8(13)7-15-12(14)16-11/h3-7H,1-2H3,(H2,14,15,16). The Kier molecular flexibility index (Phi) is 3.66. The van der Waals surface area contributed by atoms with Crippen molar-refractivity contribution >= 4 is 33.4 Å². The summed E-state index contributed by atoms with van der Waals surface area (Å²) in [6.45, 7) is 0. The summed E-state index contributed by atoms with van der Waals surface area (Å²) >= 11 is 3.41. The Bertz CT molecular complexity index is 562. The number of aromatic nitrogens is 2. The number of ether oxygens (including phenoxy) is 1. The zero-order chi connectivity index (χ0) is 13.1. The van der Waals surface area contributed by atoms with E-state index in [4.69, 9.17) is 10.5 Å². The third kappa shape index (κ3) is 2.38. The lowest BCUT2D eigenvalue weighted by Gasteiger charge is -2.21. The molecule has 0 aliphatic rings. The smallest absolute Gasteiger partial charge is 0.222 e. The maximum Gasteiger partial charge on any atom is 0.222 e. The number of hydrogen-bond acceptors (Lipinski definition) is 5. The zero-order valence-electron chi connectivity index (χ0n) is 10.1. The van der Waals surface area contributed by atoms with E-state index in [2.05, 4.69) is 25.9 Å². The van der Waals surface area contributed by atoms with Crippen molar-refractivity contribution in [3.63, 3.8) is 0 Å². The van der Waals surface area contributed by atoms with E-state index in [9.17, 15) is 0 Å². The molecule has 94 valence electrons. The van der Waals surface area contributed by atoms with E-state index in [1.54, 1.807) is 13.3 Å². The Labute approximate surface area is 114 Å². The lowest BCUT2D eigenvalue weighted by molar-refractivity contribution is 0.415. The van der Waals surface area contributed by atoms with Gasteiger partial charge in [0.2, 0.25) is 5.95 Å². The molecular formula is C12H13BrN4O. The first-order valence-corrected chi connectivity index (χ1v) is 6.07. The molecule has 6 heteroatoms. The molecule has 0 atom stereocenters. The van der Waals surface area contributed by atoms with Gasteiger partial charge in [-0.1, -0.05) is 12.1 Å². The van der Waals surface area contributed by atoms with Crippen molar-refractivity contribution in [1.29, 1.82) is 0 Å². The predicted molar refractivity (Wildman–Crippen MR) is 75.2 cm³/mol. The minimum atomic E-state index is 0.231. The van der Waals surface area contributed by atoms with Gasteiger partial charge in [-0.3, -0.25) is 0 Å². The van der Waals surface area contributed by atoms with E-state index in [0.717, 1.165) is 15.9 Å².